The van der Waals surface area contributed by atoms with Gasteiger partial charge in [-0.2, -0.15) is 4.39 Å². The molecule has 0 radical (unpaired) electrons. The molecule has 1 aromatic carbocycles. The maximum atomic E-state index is 14.6. The molecule has 1 aliphatic carbocycles. The van der Waals surface area contributed by atoms with Crippen LogP contribution in [0.15, 0.2) is 6.07 Å². The van der Waals surface area contributed by atoms with E-state index in [-0.39, 0.29) is 17.8 Å². The number of fused-ring (bicyclic) bond motifs is 1. The zero-order chi connectivity index (χ0) is 16.4. The zero-order valence-corrected chi connectivity index (χ0v) is 14.3. The third-order valence-corrected chi connectivity index (χ3v) is 5.76. The molecule has 1 aliphatic heterocycles. The minimum Gasteiger partial charge on any atom is -0.487 e. The summed E-state index contributed by atoms with van der Waals surface area (Å²) in [6.45, 7) is 4.31. The third-order valence-electron chi connectivity index (χ3n) is 5.76. The summed E-state index contributed by atoms with van der Waals surface area (Å²) in [5, 5.41) is 0. The highest BCUT2D eigenvalue weighted by atomic mass is 19.2. The van der Waals surface area contributed by atoms with Gasteiger partial charge in [0.1, 0.15) is 0 Å². The Morgan fingerprint density at radius 2 is 1.78 bits per heavy atom. The van der Waals surface area contributed by atoms with Crippen molar-refractivity contribution in [1.82, 2.24) is 0 Å². The second-order valence-electron chi connectivity index (χ2n) is 7.28. The standard InChI is InChI=1S/C20H28F2O/c1-3-5-16-11-10-15-12-17(18(21)19(22)20(15)23-16)14-8-6-13(4-2)7-9-14/h12-14,16H,3-11H2,1-2H3. The third kappa shape index (κ3) is 3.39. The highest BCUT2D eigenvalue weighted by molar-refractivity contribution is 5.42. The van der Waals surface area contributed by atoms with Crippen LogP contribution in [0, 0.1) is 17.6 Å². The van der Waals surface area contributed by atoms with Crippen molar-refractivity contribution in [3.05, 3.63) is 28.8 Å². The fraction of sp³-hybridized carbons (Fsp3) is 0.700. The first kappa shape index (κ1) is 16.7. The summed E-state index contributed by atoms with van der Waals surface area (Å²) in [6, 6.07) is 1.90. The van der Waals surface area contributed by atoms with Gasteiger partial charge in [-0.25, -0.2) is 4.39 Å². The lowest BCUT2D eigenvalue weighted by atomic mass is 9.77. The molecule has 2 aliphatic rings. The van der Waals surface area contributed by atoms with Crippen molar-refractivity contribution in [2.24, 2.45) is 5.92 Å². The van der Waals surface area contributed by atoms with E-state index in [0.717, 1.165) is 62.8 Å². The Kier molecular flexibility index (Phi) is 5.23. The SMILES string of the molecule is CCCC1CCc2cc(C3CCC(CC)CC3)c(F)c(F)c2O1. The lowest BCUT2D eigenvalue weighted by Crippen LogP contribution is -2.24. The summed E-state index contributed by atoms with van der Waals surface area (Å²) in [5.41, 5.74) is 1.46. The van der Waals surface area contributed by atoms with Gasteiger partial charge in [0.15, 0.2) is 11.6 Å². The second-order valence-corrected chi connectivity index (χ2v) is 7.28. The van der Waals surface area contributed by atoms with Crippen LogP contribution in [0.4, 0.5) is 8.78 Å². The Balaban J connectivity index is 1.83. The molecular formula is C20H28F2O. The Morgan fingerprint density at radius 1 is 1.04 bits per heavy atom. The molecule has 1 heterocycles. The van der Waals surface area contributed by atoms with Crippen LogP contribution < -0.4 is 4.74 Å². The molecule has 1 atom stereocenters. The molecule has 0 spiro atoms. The number of benzene rings is 1. The van der Waals surface area contributed by atoms with Gasteiger partial charge in [-0.05, 0) is 74.0 Å². The molecule has 0 N–H and O–H groups in total. The molecule has 128 valence electrons. The topological polar surface area (TPSA) is 9.23 Å². The Hall–Kier alpha value is -1.12. The molecular weight excluding hydrogens is 294 g/mol. The Bertz CT molecular complexity index is 547. The molecule has 0 bridgehead atoms. The van der Waals surface area contributed by atoms with Gasteiger partial charge < -0.3 is 4.74 Å². The van der Waals surface area contributed by atoms with E-state index < -0.39 is 11.6 Å². The first-order valence-electron chi connectivity index (χ1n) is 9.31. The van der Waals surface area contributed by atoms with E-state index in [0.29, 0.717) is 5.56 Å². The maximum Gasteiger partial charge on any atom is 0.201 e. The van der Waals surface area contributed by atoms with Gasteiger partial charge in [0, 0.05) is 0 Å². The van der Waals surface area contributed by atoms with E-state index >= 15 is 0 Å². The van der Waals surface area contributed by atoms with Crippen molar-refractivity contribution in [3.8, 4) is 5.75 Å². The smallest absolute Gasteiger partial charge is 0.201 e. The van der Waals surface area contributed by atoms with E-state index in [1.165, 1.54) is 6.42 Å². The van der Waals surface area contributed by atoms with Crippen molar-refractivity contribution < 1.29 is 13.5 Å². The molecule has 1 fully saturated rings. The van der Waals surface area contributed by atoms with Crippen LogP contribution in [-0.2, 0) is 6.42 Å². The molecule has 1 unspecified atom stereocenters. The van der Waals surface area contributed by atoms with Gasteiger partial charge in [-0.15, -0.1) is 0 Å². The largest absolute Gasteiger partial charge is 0.487 e. The number of hydrogen-bond donors (Lipinski definition) is 0. The molecule has 3 heteroatoms. The van der Waals surface area contributed by atoms with Crippen molar-refractivity contribution in [2.45, 2.75) is 83.7 Å². The lowest BCUT2D eigenvalue weighted by Gasteiger charge is -2.31. The monoisotopic (exact) mass is 322 g/mol. The minimum atomic E-state index is -0.754. The highest BCUT2D eigenvalue weighted by Gasteiger charge is 2.30. The Labute approximate surface area is 138 Å². The van der Waals surface area contributed by atoms with E-state index in [1.54, 1.807) is 0 Å². The summed E-state index contributed by atoms with van der Waals surface area (Å²) in [7, 11) is 0. The van der Waals surface area contributed by atoms with Gasteiger partial charge in [-0.3, -0.25) is 0 Å². The predicted octanol–water partition coefficient (Wildman–Crippen LogP) is 6.14. The second kappa shape index (κ2) is 7.19. The average Bonchev–Trinajstić information content (AvgIpc) is 2.59. The summed E-state index contributed by atoms with van der Waals surface area (Å²) < 4.78 is 34.9. The molecule has 23 heavy (non-hydrogen) atoms. The minimum absolute atomic E-state index is 0.0345. The fourth-order valence-corrected chi connectivity index (χ4v) is 4.24. The molecule has 0 aromatic heterocycles. The van der Waals surface area contributed by atoms with Crippen LogP contribution in [0.1, 0.15) is 82.3 Å². The molecule has 0 saturated heterocycles. The summed E-state index contributed by atoms with van der Waals surface area (Å²) in [5.74, 6) is -0.309. The van der Waals surface area contributed by atoms with E-state index in [1.807, 2.05) is 6.07 Å². The summed E-state index contributed by atoms with van der Waals surface area (Å²) in [6.07, 6.45) is 9.07. The first-order valence-corrected chi connectivity index (χ1v) is 9.31. The quantitative estimate of drug-likeness (QED) is 0.646. The van der Waals surface area contributed by atoms with Crippen molar-refractivity contribution >= 4 is 0 Å². The summed E-state index contributed by atoms with van der Waals surface area (Å²) in [4.78, 5) is 0. The number of halogens is 2. The van der Waals surface area contributed by atoms with Crippen LogP contribution >= 0.6 is 0 Å². The van der Waals surface area contributed by atoms with E-state index in [9.17, 15) is 8.78 Å². The van der Waals surface area contributed by atoms with Gasteiger partial charge in [0.25, 0.3) is 0 Å². The van der Waals surface area contributed by atoms with Gasteiger partial charge in [0.05, 0.1) is 6.10 Å². The van der Waals surface area contributed by atoms with Gasteiger partial charge in [0.2, 0.25) is 5.82 Å². The van der Waals surface area contributed by atoms with Crippen molar-refractivity contribution in [3.63, 3.8) is 0 Å². The van der Waals surface area contributed by atoms with E-state index in [2.05, 4.69) is 13.8 Å². The predicted molar refractivity (Wildman–Crippen MR) is 89.0 cm³/mol. The Morgan fingerprint density at radius 3 is 2.43 bits per heavy atom. The normalized spacial score (nSPS) is 27.4. The maximum absolute atomic E-state index is 14.6. The zero-order valence-electron chi connectivity index (χ0n) is 14.3. The van der Waals surface area contributed by atoms with Gasteiger partial charge >= 0.3 is 0 Å². The number of rotatable bonds is 4. The number of ether oxygens (including phenoxy) is 1. The van der Waals surface area contributed by atoms with Crippen molar-refractivity contribution in [1.29, 1.82) is 0 Å². The number of hydrogen-bond acceptors (Lipinski definition) is 1. The van der Waals surface area contributed by atoms with E-state index in [4.69, 9.17) is 4.74 Å². The first-order chi connectivity index (χ1) is 11.1. The molecule has 1 aromatic rings. The van der Waals surface area contributed by atoms with Gasteiger partial charge in [-0.1, -0.05) is 26.7 Å². The fourth-order valence-electron chi connectivity index (χ4n) is 4.24. The molecule has 1 saturated carbocycles. The lowest BCUT2D eigenvalue weighted by molar-refractivity contribution is 0.152. The van der Waals surface area contributed by atoms with Crippen LogP contribution in [0.25, 0.3) is 0 Å². The van der Waals surface area contributed by atoms with Crippen LogP contribution in [-0.4, -0.2) is 6.10 Å². The number of aryl methyl sites for hydroxylation is 1. The highest BCUT2D eigenvalue weighted by Crippen LogP contribution is 2.42. The van der Waals surface area contributed by atoms with Crippen LogP contribution in [0.3, 0.4) is 0 Å². The molecule has 0 amide bonds. The molecule has 3 rings (SSSR count). The summed E-state index contributed by atoms with van der Waals surface area (Å²) >= 11 is 0. The van der Waals surface area contributed by atoms with Crippen LogP contribution in [0.5, 0.6) is 5.75 Å². The van der Waals surface area contributed by atoms with Crippen LogP contribution in [0.2, 0.25) is 0 Å². The van der Waals surface area contributed by atoms with Crippen molar-refractivity contribution in [2.75, 3.05) is 0 Å². The average molecular weight is 322 g/mol. The molecule has 1 nitrogen and oxygen atoms in total.